The first-order valence-electron chi connectivity index (χ1n) is 7.73. The number of benzene rings is 2. The van der Waals surface area contributed by atoms with Crippen LogP contribution in [0.3, 0.4) is 0 Å². The quantitative estimate of drug-likeness (QED) is 0.773. The largest absolute Gasteiger partial charge is 0.388 e. The molecule has 0 heterocycles. The monoisotopic (exact) mass is 379 g/mol. The van der Waals surface area contributed by atoms with Gasteiger partial charge in [0.2, 0.25) is 5.91 Å². The summed E-state index contributed by atoms with van der Waals surface area (Å²) in [7, 11) is -3.43. The van der Waals surface area contributed by atoms with Crippen LogP contribution in [0.4, 0.5) is 5.69 Å². The summed E-state index contributed by atoms with van der Waals surface area (Å²) >= 11 is 1.31. The van der Waals surface area contributed by atoms with Gasteiger partial charge in [0.25, 0.3) is 0 Å². The molecule has 2 unspecified atom stereocenters. The number of amides is 1. The zero-order chi connectivity index (χ0) is 18.4. The van der Waals surface area contributed by atoms with Crippen molar-refractivity contribution >= 4 is 33.2 Å². The van der Waals surface area contributed by atoms with Crippen LogP contribution in [-0.4, -0.2) is 36.7 Å². The number of anilines is 1. The maximum Gasteiger partial charge on any atom is 0.237 e. The molecule has 0 aliphatic heterocycles. The predicted molar refractivity (Wildman–Crippen MR) is 102 cm³/mol. The maximum atomic E-state index is 12.3. The fourth-order valence-electron chi connectivity index (χ4n) is 2.21. The van der Waals surface area contributed by atoms with Crippen LogP contribution in [0.15, 0.2) is 59.5 Å². The Morgan fingerprint density at radius 1 is 1.12 bits per heavy atom. The molecule has 0 bridgehead atoms. The highest BCUT2D eigenvalue weighted by Gasteiger charge is 2.19. The van der Waals surface area contributed by atoms with Crippen LogP contribution >= 0.6 is 11.8 Å². The third-order valence-electron chi connectivity index (χ3n) is 3.60. The number of carbonyl (C=O) groups is 1. The Morgan fingerprint density at radius 3 is 2.36 bits per heavy atom. The minimum absolute atomic E-state index is 0.0878. The fraction of sp³-hybridized carbons (Fsp3) is 0.278. The molecule has 134 valence electrons. The molecule has 0 aliphatic carbocycles. The Labute approximate surface area is 152 Å². The Morgan fingerprint density at radius 2 is 1.72 bits per heavy atom. The fourth-order valence-corrected chi connectivity index (χ4v) is 3.93. The number of nitrogens with one attached hydrogen (secondary N) is 1. The van der Waals surface area contributed by atoms with Crippen LogP contribution in [0.5, 0.6) is 0 Å². The zero-order valence-corrected chi connectivity index (χ0v) is 15.7. The average Bonchev–Trinajstić information content (AvgIpc) is 2.59. The molecule has 7 heteroatoms. The van der Waals surface area contributed by atoms with Gasteiger partial charge in [-0.05, 0) is 24.6 Å². The van der Waals surface area contributed by atoms with E-state index in [9.17, 15) is 18.3 Å². The summed E-state index contributed by atoms with van der Waals surface area (Å²) in [5.41, 5.74) is 1.07. The van der Waals surface area contributed by atoms with Crippen LogP contribution in [0, 0.1) is 0 Å². The first-order chi connectivity index (χ1) is 11.8. The predicted octanol–water partition coefficient (Wildman–Crippen LogP) is 2.88. The summed E-state index contributed by atoms with van der Waals surface area (Å²) in [4.78, 5) is 12.4. The minimum atomic E-state index is -3.43. The number of carbonyl (C=O) groups excluding carboxylic acids is 1. The van der Waals surface area contributed by atoms with Gasteiger partial charge in [-0.2, -0.15) is 0 Å². The Kier molecular flexibility index (Phi) is 6.64. The zero-order valence-electron chi connectivity index (χ0n) is 14.0. The van der Waals surface area contributed by atoms with E-state index in [0.29, 0.717) is 5.75 Å². The maximum absolute atomic E-state index is 12.3. The lowest BCUT2D eigenvalue weighted by Crippen LogP contribution is -2.24. The van der Waals surface area contributed by atoms with Crippen LogP contribution < -0.4 is 5.32 Å². The molecule has 2 aromatic rings. The molecule has 0 aliphatic rings. The second-order valence-electron chi connectivity index (χ2n) is 5.66. The molecule has 0 radical (unpaired) electrons. The number of hydrogen-bond acceptors (Lipinski definition) is 5. The van der Waals surface area contributed by atoms with Crippen molar-refractivity contribution in [1.29, 1.82) is 0 Å². The molecule has 0 saturated heterocycles. The summed E-state index contributed by atoms with van der Waals surface area (Å²) in [5.74, 6) is 0.0631. The summed E-state index contributed by atoms with van der Waals surface area (Å²) in [6.45, 7) is 1.72. The van der Waals surface area contributed by atoms with Crippen molar-refractivity contribution in [2.75, 3.05) is 17.3 Å². The van der Waals surface area contributed by atoms with Crippen molar-refractivity contribution in [2.24, 2.45) is 0 Å². The Bertz CT molecular complexity index is 822. The van der Waals surface area contributed by atoms with E-state index in [-0.39, 0.29) is 16.5 Å². The van der Waals surface area contributed by atoms with E-state index in [4.69, 9.17) is 0 Å². The van der Waals surface area contributed by atoms with E-state index in [1.807, 2.05) is 30.3 Å². The third-order valence-corrected chi connectivity index (χ3v) is 5.98. The normalized spacial score (nSPS) is 13.9. The van der Waals surface area contributed by atoms with Crippen molar-refractivity contribution in [3.8, 4) is 0 Å². The molecule has 0 saturated carbocycles. The van der Waals surface area contributed by atoms with Gasteiger partial charge in [-0.1, -0.05) is 42.5 Å². The van der Waals surface area contributed by atoms with Gasteiger partial charge in [-0.25, -0.2) is 8.42 Å². The number of para-hydroxylation sites is 1. The summed E-state index contributed by atoms with van der Waals surface area (Å²) in [6, 6.07) is 15.5. The number of aliphatic hydroxyl groups is 1. The standard InChI is InChI=1S/C18H21NO4S2/c1-13(24-12-16(20)14-8-4-3-5-9-14)18(21)19-15-10-6-7-11-17(15)25(2,22)23/h3-11,13,16,20H,12H2,1-2H3,(H,19,21). The lowest BCUT2D eigenvalue weighted by atomic mass is 10.1. The van der Waals surface area contributed by atoms with Gasteiger partial charge >= 0.3 is 0 Å². The number of thioether (sulfide) groups is 1. The third kappa shape index (κ3) is 5.59. The van der Waals surface area contributed by atoms with E-state index in [1.54, 1.807) is 25.1 Å². The smallest absolute Gasteiger partial charge is 0.237 e. The van der Waals surface area contributed by atoms with Crippen molar-refractivity contribution < 1.29 is 18.3 Å². The van der Waals surface area contributed by atoms with Crippen LogP contribution in [-0.2, 0) is 14.6 Å². The van der Waals surface area contributed by atoms with Gasteiger partial charge in [0.1, 0.15) is 0 Å². The SMILES string of the molecule is CC(SCC(O)c1ccccc1)C(=O)Nc1ccccc1S(C)(=O)=O. The summed E-state index contributed by atoms with van der Waals surface area (Å²) in [6.07, 6.45) is 0.441. The molecule has 2 aromatic carbocycles. The number of hydrogen-bond donors (Lipinski definition) is 2. The highest BCUT2D eigenvalue weighted by molar-refractivity contribution is 8.00. The lowest BCUT2D eigenvalue weighted by Gasteiger charge is -2.16. The Balaban J connectivity index is 1.97. The summed E-state index contributed by atoms with van der Waals surface area (Å²) < 4.78 is 23.6. The molecule has 0 spiro atoms. The molecule has 2 N–H and O–H groups in total. The second kappa shape index (κ2) is 8.51. The van der Waals surface area contributed by atoms with Crippen LogP contribution in [0.1, 0.15) is 18.6 Å². The lowest BCUT2D eigenvalue weighted by molar-refractivity contribution is -0.115. The molecular weight excluding hydrogens is 358 g/mol. The topological polar surface area (TPSA) is 83.5 Å². The van der Waals surface area contributed by atoms with E-state index in [2.05, 4.69) is 5.32 Å². The van der Waals surface area contributed by atoms with Gasteiger partial charge in [0.15, 0.2) is 9.84 Å². The van der Waals surface area contributed by atoms with E-state index in [0.717, 1.165) is 11.8 Å². The molecule has 1 amide bonds. The van der Waals surface area contributed by atoms with E-state index < -0.39 is 21.2 Å². The molecule has 2 atom stereocenters. The van der Waals surface area contributed by atoms with Crippen molar-refractivity contribution in [2.45, 2.75) is 23.2 Å². The molecule has 0 fully saturated rings. The van der Waals surface area contributed by atoms with Gasteiger partial charge in [0, 0.05) is 12.0 Å². The first-order valence-corrected chi connectivity index (χ1v) is 10.7. The highest BCUT2D eigenvalue weighted by atomic mass is 32.2. The number of rotatable bonds is 7. The highest BCUT2D eigenvalue weighted by Crippen LogP contribution is 2.24. The molecule has 5 nitrogen and oxygen atoms in total. The van der Waals surface area contributed by atoms with Crippen LogP contribution in [0.25, 0.3) is 0 Å². The van der Waals surface area contributed by atoms with E-state index in [1.165, 1.54) is 17.8 Å². The molecular formula is C18H21NO4S2. The molecule has 25 heavy (non-hydrogen) atoms. The van der Waals surface area contributed by atoms with Crippen LogP contribution in [0.2, 0.25) is 0 Å². The van der Waals surface area contributed by atoms with Gasteiger partial charge in [-0.3, -0.25) is 4.79 Å². The second-order valence-corrected chi connectivity index (χ2v) is 9.02. The molecule has 2 rings (SSSR count). The Hall–Kier alpha value is -1.83. The van der Waals surface area contributed by atoms with Crippen molar-refractivity contribution in [3.63, 3.8) is 0 Å². The van der Waals surface area contributed by atoms with E-state index >= 15 is 0 Å². The van der Waals surface area contributed by atoms with Crippen molar-refractivity contribution in [1.82, 2.24) is 0 Å². The average molecular weight is 380 g/mol. The van der Waals surface area contributed by atoms with Gasteiger partial charge in [-0.15, -0.1) is 11.8 Å². The first kappa shape index (κ1) is 19.5. The summed E-state index contributed by atoms with van der Waals surface area (Å²) in [5, 5.41) is 12.4. The molecule has 0 aromatic heterocycles. The minimum Gasteiger partial charge on any atom is -0.388 e. The van der Waals surface area contributed by atoms with Gasteiger partial charge < -0.3 is 10.4 Å². The number of sulfone groups is 1. The van der Waals surface area contributed by atoms with Gasteiger partial charge in [0.05, 0.1) is 21.9 Å². The van der Waals surface area contributed by atoms with Crippen molar-refractivity contribution in [3.05, 3.63) is 60.2 Å². The number of aliphatic hydroxyl groups excluding tert-OH is 1.